The molecular weight excluding hydrogens is 368 g/mol. The van der Waals surface area contributed by atoms with E-state index in [4.69, 9.17) is 9.47 Å². The zero-order valence-electron chi connectivity index (χ0n) is 15.7. The normalized spacial score (nSPS) is 10.3. The highest BCUT2D eigenvalue weighted by Crippen LogP contribution is 2.33. The highest BCUT2D eigenvalue weighted by atomic mass is 32.1. The number of carbonyl (C=O) groups excluding carboxylic acids is 2. The van der Waals surface area contributed by atoms with Gasteiger partial charge in [-0.05, 0) is 31.0 Å². The third-order valence-electron chi connectivity index (χ3n) is 3.94. The quantitative estimate of drug-likeness (QED) is 0.493. The number of amides is 1. The van der Waals surface area contributed by atoms with Gasteiger partial charge in [-0.1, -0.05) is 6.42 Å². The molecule has 0 unspecified atom stereocenters. The zero-order chi connectivity index (χ0) is 19.6. The van der Waals surface area contributed by atoms with Gasteiger partial charge in [0.15, 0.2) is 11.5 Å². The first-order valence-electron chi connectivity index (χ1n) is 8.62. The topological polar surface area (TPSA) is 86.8 Å². The van der Waals surface area contributed by atoms with Gasteiger partial charge in [0.1, 0.15) is 10.7 Å². The Hall–Kier alpha value is -2.61. The van der Waals surface area contributed by atoms with Crippen LogP contribution in [-0.4, -0.2) is 44.7 Å². The Morgan fingerprint density at radius 2 is 1.85 bits per heavy atom. The third kappa shape index (κ3) is 5.96. The number of thiazole rings is 1. The van der Waals surface area contributed by atoms with Crippen LogP contribution in [0.2, 0.25) is 0 Å². The predicted molar refractivity (Wildman–Crippen MR) is 103 cm³/mol. The second-order valence-corrected chi connectivity index (χ2v) is 6.61. The fraction of sp³-hybridized carbons (Fsp3) is 0.421. The molecule has 1 aromatic carbocycles. The van der Waals surface area contributed by atoms with Gasteiger partial charge in [-0.25, -0.2) is 4.98 Å². The number of hydrogen-bond donors (Lipinski definition) is 1. The Morgan fingerprint density at radius 1 is 1.07 bits per heavy atom. The van der Waals surface area contributed by atoms with Crippen LogP contribution in [0.25, 0.3) is 10.6 Å². The molecule has 1 amide bonds. The first-order valence-corrected chi connectivity index (χ1v) is 9.50. The molecule has 7 nitrogen and oxygen atoms in total. The summed E-state index contributed by atoms with van der Waals surface area (Å²) in [6.45, 7) is 0.545. The van der Waals surface area contributed by atoms with Gasteiger partial charge in [0, 0.05) is 23.9 Å². The van der Waals surface area contributed by atoms with Gasteiger partial charge in [-0.15, -0.1) is 11.3 Å². The molecule has 0 radical (unpaired) electrons. The molecule has 0 atom stereocenters. The average molecular weight is 392 g/mol. The molecule has 0 saturated heterocycles. The lowest BCUT2D eigenvalue weighted by atomic mass is 10.2. The maximum Gasteiger partial charge on any atom is 0.305 e. The van der Waals surface area contributed by atoms with Crippen LogP contribution in [0.3, 0.4) is 0 Å². The molecule has 1 heterocycles. The van der Waals surface area contributed by atoms with Crippen molar-refractivity contribution < 1.29 is 23.8 Å². The van der Waals surface area contributed by atoms with E-state index in [1.807, 2.05) is 18.2 Å². The molecule has 0 aliphatic rings. The molecule has 146 valence electrons. The van der Waals surface area contributed by atoms with Gasteiger partial charge >= 0.3 is 5.97 Å². The van der Waals surface area contributed by atoms with Crippen LogP contribution in [0.5, 0.6) is 11.5 Å². The van der Waals surface area contributed by atoms with Crippen molar-refractivity contribution in [3.63, 3.8) is 0 Å². The lowest BCUT2D eigenvalue weighted by molar-refractivity contribution is -0.140. The smallest absolute Gasteiger partial charge is 0.305 e. The lowest BCUT2D eigenvalue weighted by Gasteiger charge is -2.08. The number of carbonyl (C=O) groups is 2. The van der Waals surface area contributed by atoms with E-state index in [2.05, 4.69) is 15.0 Å². The number of unbranched alkanes of at least 4 members (excludes halogenated alkanes) is 2. The van der Waals surface area contributed by atoms with Crippen LogP contribution in [-0.2, 0) is 9.53 Å². The Labute approximate surface area is 162 Å². The van der Waals surface area contributed by atoms with Gasteiger partial charge < -0.3 is 19.5 Å². The summed E-state index contributed by atoms with van der Waals surface area (Å²) in [7, 11) is 4.54. The van der Waals surface area contributed by atoms with E-state index in [0.717, 1.165) is 29.8 Å². The Morgan fingerprint density at radius 3 is 2.56 bits per heavy atom. The summed E-state index contributed by atoms with van der Waals surface area (Å²) >= 11 is 1.40. The molecule has 0 aliphatic carbocycles. The summed E-state index contributed by atoms with van der Waals surface area (Å²) in [5.74, 6) is 0.848. The maximum absolute atomic E-state index is 12.2. The van der Waals surface area contributed by atoms with Gasteiger partial charge in [0.2, 0.25) is 0 Å². The van der Waals surface area contributed by atoms with E-state index >= 15 is 0 Å². The van der Waals surface area contributed by atoms with Gasteiger partial charge in [-0.3, -0.25) is 9.59 Å². The predicted octanol–water partition coefficient (Wildman–Crippen LogP) is 3.29. The fourth-order valence-corrected chi connectivity index (χ4v) is 3.24. The molecule has 0 spiro atoms. The molecule has 0 aliphatic heterocycles. The first kappa shape index (κ1) is 20.7. The molecule has 2 rings (SSSR count). The Balaban J connectivity index is 1.86. The standard InChI is InChI=1S/C19H24N2O5S/c1-24-15-9-8-13(11-16(15)25-2)19-21-14(12-27-19)18(23)20-10-6-4-5-7-17(22)26-3/h8-9,11-12H,4-7,10H2,1-3H3,(H,20,23). The van der Waals surface area contributed by atoms with E-state index in [-0.39, 0.29) is 11.9 Å². The van der Waals surface area contributed by atoms with E-state index in [1.54, 1.807) is 19.6 Å². The highest BCUT2D eigenvalue weighted by molar-refractivity contribution is 7.13. The second kappa shape index (κ2) is 10.5. The van der Waals surface area contributed by atoms with Crippen molar-refractivity contribution in [3.8, 4) is 22.1 Å². The van der Waals surface area contributed by atoms with Gasteiger partial charge in [0.25, 0.3) is 5.91 Å². The number of nitrogens with zero attached hydrogens (tertiary/aromatic N) is 1. The Bertz CT molecular complexity index is 775. The van der Waals surface area contributed by atoms with Crippen LogP contribution in [0, 0.1) is 0 Å². The monoisotopic (exact) mass is 392 g/mol. The summed E-state index contributed by atoms with van der Waals surface area (Å²) in [5, 5.41) is 5.32. The molecule has 1 N–H and O–H groups in total. The zero-order valence-corrected chi connectivity index (χ0v) is 16.6. The second-order valence-electron chi connectivity index (χ2n) is 5.75. The van der Waals surface area contributed by atoms with Crippen molar-refractivity contribution in [2.45, 2.75) is 25.7 Å². The minimum absolute atomic E-state index is 0.203. The maximum atomic E-state index is 12.2. The summed E-state index contributed by atoms with van der Waals surface area (Å²) in [6.07, 6.45) is 2.81. The fourth-order valence-electron chi connectivity index (χ4n) is 2.45. The van der Waals surface area contributed by atoms with Crippen molar-refractivity contribution in [3.05, 3.63) is 29.3 Å². The first-order chi connectivity index (χ1) is 13.1. The minimum atomic E-state index is -0.204. The van der Waals surface area contributed by atoms with E-state index in [1.165, 1.54) is 18.4 Å². The largest absolute Gasteiger partial charge is 0.493 e. The minimum Gasteiger partial charge on any atom is -0.493 e. The number of esters is 1. The number of nitrogens with one attached hydrogen (secondary N) is 1. The lowest BCUT2D eigenvalue weighted by Crippen LogP contribution is -2.24. The summed E-state index contributed by atoms with van der Waals surface area (Å²) in [6, 6.07) is 5.52. The molecule has 2 aromatic rings. The van der Waals surface area contributed by atoms with E-state index < -0.39 is 0 Å². The van der Waals surface area contributed by atoms with Crippen LogP contribution in [0.4, 0.5) is 0 Å². The summed E-state index contributed by atoms with van der Waals surface area (Å²) in [4.78, 5) is 27.6. The molecule has 8 heteroatoms. The molecule has 0 fully saturated rings. The average Bonchev–Trinajstić information content (AvgIpc) is 3.19. The third-order valence-corrected chi connectivity index (χ3v) is 4.83. The van der Waals surface area contributed by atoms with E-state index in [9.17, 15) is 9.59 Å². The molecular formula is C19H24N2O5S. The van der Waals surface area contributed by atoms with Crippen molar-refractivity contribution in [2.24, 2.45) is 0 Å². The highest BCUT2D eigenvalue weighted by Gasteiger charge is 2.13. The Kier molecular flexibility index (Phi) is 8.06. The van der Waals surface area contributed by atoms with Crippen LogP contribution in [0.1, 0.15) is 36.2 Å². The number of benzene rings is 1. The van der Waals surface area contributed by atoms with Crippen molar-refractivity contribution in [2.75, 3.05) is 27.9 Å². The molecule has 0 saturated carbocycles. The van der Waals surface area contributed by atoms with Gasteiger partial charge in [0.05, 0.1) is 21.3 Å². The van der Waals surface area contributed by atoms with Crippen LogP contribution >= 0.6 is 11.3 Å². The van der Waals surface area contributed by atoms with E-state index in [0.29, 0.717) is 30.2 Å². The van der Waals surface area contributed by atoms with Crippen molar-refractivity contribution >= 4 is 23.2 Å². The number of ether oxygens (including phenoxy) is 3. The summed E-state index contributed by atoms with van der Waals surface area (Å²) in [5.41, 5.74) is 1.25. The van der Waals surface area contributed by atoms with Gasteiger partial charge in [-0.2, -0.15) is 0 Å². The molecule has 0 bridgehead atoms. The van der Waals surface area contributed by atoms with Crippen molar-refractivity contribution in [1.82, 2.24) is 10.3 Å². The number of rotatable bonds is 10. The number of methoxy groups -OCH3 is 3. The SMILES string of the molecule is COC(=O)CCCCCNC(=O)c1csc(-c2ccc(OC)c(OC)c2)n1. The van der Waals surface area contributed by atoms with Crippen LogP contribution in [0.15, 0.2) is 23.6 Å². The number of aromatic nitrogens is 1. The number of hydrogen-bond acceptors (Lipinski definition) is 7. The molecule has 27 heavy (non-hydrogen) atoms. The van der Waals surface area contributed by atoms with Crippen molar-refractivity contribution in [1.29, 1.82) is 0 Å². The molecule has 1 aromatic heterocycles. The van der Waals surface area contributed by atoms with Crippen LogP contribution < -0.4 is 14.8 Å². The summed E-state index contributed by atoms with van der Waals surface area (Å²) < 4.78 is 15.1.